The average Bonchev–Trinajstić information content (AvgIpc) is 2.69. The number of hydrogen-bond donors (Lipinski definition) is 0. The highest BCUT2D eigenvalue weighted by Crippen LogP contribution is 2.04. The van der Waals surface area contributed by atoms with E-state index in [1.165, 1.54) is 12.8 Å². The average molecular weight is 239 g/mol. The maximum Gasteiger partial charge on any atom is 0.305 e. The number of rotatable bonds is 7. The molecule has 0 saturated heterocycles. The van der Waals surface area contributed by atoms with Gasteiger partial charge >= 0.3 is 5.97 Å². The third kappa shape index (κ3) is 4.21. The zero-order valence-corrected chi connectivity index (χ0v) is 11.1. The number of aryl methyl sites for hydroxylation is 3. The van der Waals surface area contributed by atoms with E-state index in [2.05, 4.69) is 40.2 Å². The van der Waals surface area contributed by atoms with Crippen molar-refractivity contribution in [3.63, 3.8) is 0 Å². The van der Waals surface area contributed by atoms with Gasteiger partial charge in [-0.25, -0.2) is 9.13 Å². The van der Waals surface area contributed by atoms with E-state index in [0.29, 0.717) is 6.42 Å². The Kier molecular flexibility index (Phi) is 5.73. The van der Waals surface area contributed by atoms with Crippen LogP contribution in [0, 0.1) is 0 Å². The summed E-state index contributed by atoms with van der Waals surface area (Å²) in [6.07, 6.45) is 7.71. The number of hydrogen-bond acceptors (Lipinski definition) is 2. The molecule has 1 heterocycles. The number of nitrogens with zero attached hydrogens (tertiary/aromatic N) is 2. The highest BCUT2D eigenvalue weighted by molar-refractivity contribution is 5.69. The van der Waals surface area contributed by atoms with Crippen molar-refractivity contribution >= 4 is 5.97 Å². The van der Waals surface area contributed by atoms with Crippen LogP contribution in [0.15, 0.2) is 12.5 Å². The highest BCUT2D eigenvalue weighted by atomic mass is 16.5. The molecule has 0 spiro atoms. The molecule has 96 valence electrons. The van der Waals surface area contributed by atoms with Gasteiger partial charge in [-0.15, -0.1) is 0 Å². The first-order valence-electron chi connectivity index (χ1n) is 6.36. The van der Waals surface area contributed by atoms with Crippen molar-refractivity contribution < 1.29 is 14.1 Å². The molecule has 4 heteroatoms. The Bertz CT molecular complexity index is 358. The van der Waals surface area contributed by atoms with E-state index in [9.17, 15) is 4.79 Å². The number of ether oxygens (including phenoxy) is 1. The second-order valence-corrected chi connectivity index (χ2v) is 4.24. The molecular weight excluding hydrogens is 216 g/mol. The smallest absolute Gasteiger partial charge is 0.305 e. The van der Waals surface area contributed by atoms with E-state index >= 15 is 0 Å². The third-order valence-electron chi connectivity index (χ3n) is 2.73. The van der Waals surface area contributed by atoms with Crippen molar-refractivity contribution in [2.45, 2.75) is 52.6 Å². The summed E-state index contributed by atoms with van der Waals surface area (Å²) in [5.41, 5.74) is 1.21. The summed E-state index contributed by atoms with van der Waals surface area (Å²) in [7, 11) is 1.44. The van der Waals surface area contributed by atoms with Crippen LogP contribution < -0.4 is 4.57 Å². The normalized spacial score (nSPS) is 10.5. The fourth-order valence-electron chi connectivity index (χ4n) is 1.92. The Hall–Kier alpha value is -1.32. The zero-order valence-electron chi connectivity index (χ0n) is 11.1. The maximum atomic E-state index is 11.1. The monoisotopic (exact) mass is 239 g/mol. The first-order valence-corrected chi connectivity index (χ1v) is 6.36. The molecule has 0 saturated carbocycles. The second kappa shape index (κ2) is 7.09. The quantitative estimate of drug-likeness (QED) is 0.536. The summed E-state index contributed by atoms with van der Waals surface area (Å²) in [6, 6.07) is 0. The van der Waals surface area contributed by atoms with Crippen LogP contribution in [0.4, 0.5) is 0 Å². The van der Waals surface area contributed by atoms with Gasteiger partial charge in [-0.3, -0.25) is 4.79 Å². The van der Waals surface area contributed by atoms with E-state index in [4.69, 9.17) is 0 Å². The first-order chi connectivity index (χ1) is 8.21. The van der Waals surface area contributed by atoms with E-state index < -0.39 is 0 Å². The van der Waals surface area contributed by atoms with Crippen LogP contribution in [-0.2, 0) is 29.0 Å². The summed E-state index contributed by atoms with van der Waals surface area (Å²) < 4.78 is 9.10. The summed E-state index contributed by atoms with van der Waals surface area (Å²) in [5.74, 6) is -0.142. The van der Waals surface area contributed by atoms with Gasteiger partial charge in [0.25, 0.3) is 0 Å². The molecule has 0 unspecified atom stereocenters. The van der Waals surface area contributed by atoms with Gasteiger partial charge in [0, 0.05) is 6.42 Å². The zero-order chi connectivity index (χ0) is 12.7. The van der Waals surface area contributed by atoms with Crippen LogP contribution in [0.1, 0.15) is 38.8 Å². The van der Waals surface area contributed by atoms with E-state index in [1.54, 1.807) is 0 Å². The van der Waals surface area contributed by atoms with Gasteiger partial charge in [0.05, 0.1) is 26.6 Å². The van der Waals surface area contributed by atoms with Crippen molar-refractivity contribution in [3.05, 3.63) is 18.2 Å². The minimum atomic E-state index is -0.142. The molecule has 0 amide bonds. The number of aromatic nitrogens is 2. The van der Waals surface area contributed by atoms with Crippen molar-refractivity contribution in [2.24, 2.45) is 0 Å². The van der Waals surface area contributed by atoms with Gasteiger partial charge in [-0.1, -0.05) is 13.8 Å². The molecule has 0 atom stereocenters. The Morgan fingerprint density at radius 3 is 2.76 bits per heavy atom. The number of esters is 1. The van der Waals surface area contributed by atoms with Crippen LogP contribution in [0.2, 0.25) is 0 Å². The molecule has 1 aromatic heterocycles. The molecule has 1 aromatic rings. The van der Waals surface area contributed by atoms with E-state index in [-0.39, 0.29) is 5.97 Å². The van der Waals surface area contributed by atoms with Gasteiger partial charge < -0.3 is 4.74 Å². The maximum absolute atomic E-state index is 11.1. The standard InChI is InChI=1S/C13H23N2O2/c1-4-8-14-10-12(6-7-13(16)17-3)15(11-14)9-5-2/h10-11H,4-9H2,1-3H3/q+1. The summed E-state index contributed by atoms with van der Waals surface area (Å²) in [6.45, 7) is 6.36. The number of imidazole rings is 1. The van der Waals surface area contributed by atoms with Crippen LogP contribution in [-0.4, -0.2) is 17.6 Å². The van der Waals surface area contributed by atoms with Crippen molar-refractivity contribution in [2.75, 3.05) is 7.11 Å². The van der Waals surface area contributed by atoms with Gasteiger partial charge in [0.15, 0.2) is 0 Å². The van der Waals surface area contributed by atoms with Gasteiger partial charge in [-0.05, 0) is 12.8 Å². The van der Waals surface area contributed by atoms with Crippen molar-refractivity contribution in [1.82, 2.24) is 4.57 Å². The van der Waals surface area contributed by atoms with E-state index in [1.807, 2.05) is 0 Å². The fraction of sp³-hybridized carbons (Fsp3) is 0.692. The molecule has 1 rings (SSSR count). The second-order valence-electron chi connectivity index (χ2n) is 4.24. The molecule has 0 aliphatic rings. The van der Waals surface area contributed by atoms with E-state index in [0.717, 1.165) is 32.4 Å². The van der Waals surface area contributed by atoms with Gasteiger partial charge in [0.2, 0.25) is 6.33 Å². The third-order valence-corrected chi connectivity index (χ3v) is 2.73. The predicted molar refractivity (Wildman–Crippen MR) is 65.5 cm³/mol. The van der Waals surface area contributed by atoms with Gasteiger partial charge in [-0.2, -0.15) is 0 Å². The highest BCUT2D eigenvalue weighted by Gasteiger charge is 2.14. The lowest BCUT2D eigenvalue weighted by Crippen LogP contribution is -2.30. The molecule has 17 heavy (non-hydrogen) atoms. The number of carbonyl (C=O) groups is 1. The molecule has 4 nitrogen and oxygen atoms in total. The fourth-order valence-corrected chi connectivity index (χ4v) is 1.92. The van der Waals surface area contributed by atoms with Crippen molar-refractivity contribution in [3.8, 4) is 0 Å². The molecule has 0 N–H and O–H groups in total. The predicted octanol–water partition coefficient (Wildman–Crippen LogP) is 1.70. The van der Waals surface area contributed by atoms with Crippen LogP contribution in [0.25, 0.3) is 0 Å². The molecule has 0 aromatic carbocycles. The first kappa shape index (κ1) is 13.7. The Morgan fingerprint density at radius 1 is 1.41 bits per heavy atom. The molecule has 0 aliphatic heterocycles. The lowest BCUT2D eigenvalue weighted by atomic mass is 10.2. The number of carbonyl (C=O) groups excluding carboxylic acids is 1. The van der Waals surface area contributed by atoms with Crippen LogP contribution >= 0.6 is 0 Å². The summed E-state index contributed by atoms with van der Waals surface area (Å²) >= 11 is 0. The molecular formula is C13H23N2O2+. The molecule has 0 bridgehead atoms. The lowest BCUT2D eigenvalue weighted by molar-refractivity contribution is -0.696. The Labute approximate surface area is 103 Å². The molecule has 0 radical (unpaired) electrons. The summed E-state index contributed by atoms with van der Waals surface area (Å²) in [4.78, 5) is 11.1. The largest absolute Gasteiger partial charge is 0.469 e. The van der Waals surface area contributed by atoms with Crippen molar-refractivity contribution in [1.29, 1.82) is 0 Å². The Morgan fingerprint density at radius 2 is 2.18 bits per heavy atom. The SMILES string of the molecule is CCCn1c[n+](CCC)cc1CCC(=O)OC. The van der Waals surface area contributed by atoms with Crippen LogP contribution in [0.3, 0.4) is 0 Å². The topological polar surface area (TPSA) is 35.1 Å². The minimum absolute atomic E-state index is 0.142. The summed E-state index contributed by atoms with van der Waals surface area (Å²) in [5, 5.41) is 0. The van der Waals surface area contributed by atoms with Crippen LogP contribution in [0.5, 0.6) is 0 Å². The molecule has 0 fully saturated rings. The molecule has 0 aliphatic carbocycles. The van der Waals surface area contributed by atoms with Gasteiger partial charge in [0.1, 0.15) is 11.9 Å². The Balaban J connectivity index is 2.69. The minimum Gasteiger partial charge on any atom is -0.469 e. The lowest BCUT2D eigenvalue weighted by Gasteiger charge is -1.99. The number of methoxy groups -OCH3 is 1.